The molecule has 0 radical (unpaired) electrons. The molecule has 6 heteroatoms. The quantitative estimate of drug-likeness (QED) is 0.660. The molecule has 3 rings (SSSR count). The Labute approximate surface area is 132 Å². The number of hydrogen-bond donors (Lipinski definition) is 0. The summed E-state index contributed by atoms with van der Waals surface area (Å²) in [6, 6.07) is 11.0. The predicted molar refractivity (Wildman–Crippen MR) is 88.9 cm³/mol. The van der Waals surface area contributed by atoms with Crippen LogP contribution in [0.5, 0.6) is 0 Å². The van der Waals surface area contributed by atoms with Crippen molar-refractivity contribution in [3.8, 4) is 0 Å². The smallest absolute Gasteiger partial charge is 0.158 e. The highest BCUT2D eigenvalue weighted by Gasteiger charge is 2.12. The highest BCUT2D eigenvalue weighted by Crippen LogP contribution is 2.22. The minimum atomic E-state index is -1.33. The van der Waals surface area contributed by atoms with Crippen LogP contribution in [0, 0.1) is 0 Å². The van der Waals surface area contributed by atoms with E-state index in [1.807, 2.05) is 44.2 Å². The van der Waals surface area contributed by atoms with E-state index >= 15 is 0 Å². The topological polar surface area (TPSA) is 47.8 Å². The molecule has 0 aliphatic rings. The third-order valence-electron chi connectivity index (χ3n) is 2.52. The number of benzene rings is 1. The average molecular weight is 324 g/mol. The molecule has 0 aliphatic heterocycles. The van der Waals surface area contributed by atoms with E-state index in [9.17, 15) is 4.21 Å². The fourth-order valence-corrected chi connectivity index (χ4v) is 2.96. The van der Waals surface area contributed by atoms with Gasteiger partial charge < -0.3 is 0 Å². The number of halogens is 1. The van der Waals surface area contributed by atoms with Crippen molar-refractivity contribution in [2.75, 3.05) is 0 Å². The molecule has 2 heterocycles. The van der Waals surface area contributed by atoms with Crippen LogP contribution in [-0.4, -0.2) is 18.1 Å². The van der Waals surface area contributed by atoms with E-state index in [1.165, 1.54) is 6.33 Å². The van der Waals surface area contributed by atoms with Crippen molar-refractivity contribution in [2.24, 2.45) is 0 Å². The number of nitrogens with zero attached hydrogens (tertiary/aromatic N) is 3. The van der Waals surface area contributed by atoms with Gasteiger partial charge in [-0.05, 0) is 18.2 Å². The molecule has 21 heavy (non-hydrogen) atoms. The highest BCUT2D eigenvalue weighted by molar-refractivity contribution is 7.83. The fraction of sp³-hybridized carbons (Fsp3) is 0.200. The summed E-state index contributed by atoms with van der Waals surface area (Å²) in [5.74, 6) is 0. The molecule has 0 fully saturated rings. The van der Waals surface area contributed by atoms with Gasteiger partial charge in [-0.25, -0.2) is 18.1 Å². The molecule has 4 nitrogen and oxygen atoms in total. The van der Waals surface area contributed by atoms with Gasteiger partial charge in [0.15, 0.2) is 16.6 Å². The van der Waals surface area contributed by atoms with Crippen molar-refractivity contribution >= 4 is 33.6 Å². The summed E-state index contributed by atoms with van der Waals surface area (Å²) in [6.45, 7) is 4.00. The molecule has 0 saturated carbocycles. The molecule has 112 valence electrons. The minimum Gasteiger partial charge on any atom is -0.246 e. The van der Waals surface area contributed by atoms with Crippen molar-refractivity contribution in [1.82, 2.24) is 13.9 Å². The van der Waals surface area contributed by atoms with E-state index in [2.05, 4.69) is 9.97 Å². The Morgan fingerprint density at radius 3 is 2.43 bits per heavy atom. The first-order valence-corrected chi connectivity index (χ1v) is 7.71. The molecule has 0 aliphatic carbocycles. The normalized spacial score (nSPS) is 11.2. The molecule has 0 bridgehead atoms. The molecule has 2 aromatic heterocycles. The van der Waals surface area contributed by atoms with Gasteiger partial charge in [-0.3, -0.25) is 0 Å². The van der Waals surface area contributed by atoms with E-state index in [4.69, 9.17) is 11.6 Å². The molecular formula is C15H18ClN3OS. The van der Waals surface area contributed by atoms with E-state index in [0.29, 0.717) is 21.1 Å². The molecule has 0 saturated heterocycles. The van der Waals surface area contributed by atoms with Gasteiger partial charge in [0.05, 0.1) is 10.3 Å². The standard InChI is InChI=1S/C12H8ClN3OS.C2H6.CH4/c13-11-10-6-7-16(12(10)15-8-14-11)18(17)9-4-2-1-3-5-9;1-2;/h1-8H;1-2H3;1H4. The average Bonchev–Trinajstić information content (AvgIpc) is 2.95. The van der Waals surface area contributed by atoms with Crippen LogP contribution in [0.2, 0.25) is 5.15 Å². The highest BCUT2D eigenvalue weighted by atomic mass is 35.5. The van der Waals surface area contributed by atoms with Crippen LogP contribution in [0.1, 0.15) is 21.3 Å². The second-order valence-corrected chi connectivity index (χ2v) is 5.33. The summed E-state index contributed by atoms with van der Waals surface area (Å²) in [4.78, 5) is 8.73. The third-order valence-corrected chi connectivity index (χ3v) is 4.15. The Hall–Kier alpha value is -1.72. The lowest BCUT2D eigenvalue weighted by molar-refractivity contribution is 0.678. The maximum absolute atomic E-state index is 12.4. The zero-order valence-corrected chi connectivity index (χ0v) is 12.7. The minimum absolute atomic E-state index is 0. The van der Waals surface area contributed by atoms with Crippen LogP contribution in [0.25, 0.3) is 11.0 Å². The molecule has 1 atom stereocenters. The SMILES string of the molecule is C.CC.O=S(c1ccccc1)n1ccc2c(Cl)ncnc21. The van der Waals surface area contributed by atoms with Crippen LogP contribution < -0.4 is 0 Å². The summed E-state index contributed by atoms with van der Waals surface area (Å²) in [7, 11) is -1.33. The first kappa shape index (κ1) is 17.3. The van der Waals surface area contributed by atoms with Crippen molar-refractivity contribution in [2.45, 2.75) is 26.2 Å². The number of rotatable bonds is 2. The largest absolute Gasteiger partial charge is 0.246 e. The summed E-state index contributed by atoms with van der Waals surface area (Å²) in [5.41, 5.74) is 0.567. The molecule has 3 aromatic rings. The molecule has 1 aromatic carbocycles. The van der Waals surface area contributed by atoms with Gasteiger partial charge in [0, 0.05) is 6.20 Å². The zero-order valence-electron chi connectivity index (χ0n) is 11.2. The lowest BCUT2D eigenvalue weighted by Crippen LogP contribution is -2.04. The maximum Gasteiger partial charge on any atom is 0.158 e. The predicted octanol–water partition coefficient (Wildman–Crippen LogP) is 4.32. The van der Waals surface area contributed by atoms with Gasteiger partial charge in [0.25, 0.3) is 0 Å². The van der Waals surface area contributed by atoms with Gasteiger partial charge in [-0.15, -0.1) is 0 Å². The van der Waals surface area contributed by atoms with Gasteiger partial charge in [0.2, 0.25) is 0 Å². The molecule has 0 N–H and O–H groups in total. The summed E-state index contributed by atoms with van der Waals surface area (Å²) in [6.07, 6.45) is 3.07. The Balaban J connectivity index is 0.000000706. The van der Waals surface area contributed by atoms with E-state index in [0.717, 1.165) is 0 Å². The van der Waals surface area contributed by atoms with E-state index in [-0.39, 0.29) is 7.43 Å². The summed E-state index contributed by atoms with van der Waals surface area (Å²) in [5, 5.41) is 1.06. The number of aromatic nitrogens is 3. The van der Waals surface area contributed by atoms with E-state index < -0.39 is 11.0 Å². The first-order chi connectivity index (χ1) is 9.77. The first-order valence-electron chi connectivity index (χ1n) is 6.22. The Morgan fingerprint density at radius 2 is 1.76 bits per heavy atom. The van der Waals surface area contributed by atoms with Gasteiger partial charge in [-0.2, -0.15) is 0 Å². The lowest BCUT2D eigenvalue weighted by atomic mass is 10.4. The molecule has 0 spiro atoms. The van der Waals surface area contributed by atoms with Crippen LogP contribution in [-0.2, 0) is 11.0 Å². The second kappa shape index (κ2) is 7.90. The van der Waals surface area contributed by atoms with Crippen molar-refractivity contribution in [3.05, 3.63) is 54.1 Å². The van der Waals surface area contributed by atoms with Crippen LogP contribution in [0.15, 0.2) is 53.8 Å². The number of hydrogen-bond acceptors (Lipinski definition) is 3. The monoisotopic (exact) mass is 323 g/mol. The molecule has 0 amide bonds. The maximum atomic E-state index is 12.4. The summed E-state index contributed by atoms with van der Waals surface area (Å²) >= 11 is 5.96. The Kier molecular flexibility index (Phi) is 6.52. The second-order valence-electron chi connectivity index (χ2n) is 3.61. The molecule has 1 unspecified atom stereocenters. The third kappa shape index (κ3) is 3.49. The van der Waals surface area contributed by atoms with Gasteiger partial charge in [-0.1, -0.05) is 51.1 Å². The molecular weight excluding hydrogens is 306 g/mol. The number of fused-ring (bicyclic) bond motifs is 1. The van der Waals surface area contributed by atoms with Crippen molar-refractivity contribution in [1.29, 1.82) is 0 Å². The van der Waals surface area contributed by atoms with Crippen LogP contribution >= 0.6 is 11.6 Å². The van der Waals surface area contributed by atoms with Gasteiger partial charge >= 0.3 is 0 Å². The Morgan fingerprint density at radius 1 is 1.10 bits per heavy atom. The van der Waals surface area contributed by atoms with Gasteiger partial charge in [0.1, 0.15) is 11.5 Å². The van der Waals surface area contributed by atoms with Crippen molar-refractivity contribution < 1.29 is 4.21 Å². The van der Waals surface area contributed by atoms with Crippen LogP contribution in [0.3, 0.4) is 0 Å². The van der Waals surface area contributed by atoms with Crippen LogP contribution in [0.4, 0.5) is 0 Å². The van der Waals surface area contributed by atoms with Crippen molar-refractivity contribution in [3.63, 3.8) is 0 Å². The fourth-order valence-electron chi connectivity index (χ4n) is 1.68. The summed E-state index contributed by atoms with van der Waals surface area (Å²) < 4.78 is 14.0. The van der Waals surface area contributed by atoms with E-state index in [1.54, 1.807) is 16.2 Å². The Bertz CT molecular complexity index is 728. The lowest BCUT2D eigenvalue weighted by Gasteiger charge is -2.04. The zero-order chi connectivity index (χ0) is 14.5.